The fourth-order valence-corrected chi connectivity index (χ4v) is 5.06. The van der Waals surface area contributed by atoms with E-state index in [9.17, 15) is 28.7 Å². The van der Waals surface area contributed by atoms with Crippen molar-refractivity contribution in [2.45, 2.75) is 24.9 Å². The van der Waals surface area contributed by atoms with Crippen molar-refractivity contribution in [2.24, 2.45) is 0 Å². The van der Waals surface area contributed by atoms with Gasteiger partial charge in [0.15, 0.2) is 5.76 Å². The second-order valence-corrected chi connectivity index (χ2v) is 9.04. The predicted molar refractivity (Wildman–Crippen MR) is 120 cm³/mol. The van der Waals surface area contributed by atoms with Crippen LogP contribution in [0.3, 0.4) is 0 Å². The van der Waals surface area contributed by atoms with Crippen LogP contribution in [-0.2, 0) is 25.7 Å². The van der Waals surface area contributed by atoms with Crippen molar-refractivity contribution in [1.82, 2.24) is 10.2 Å². The zero-order valence-corrected chi connectivity index (χ0v) is 19.7. The Labute approximate surface area is 207 Å². The van der Waals surface area contributed by atoms with E-state index in [0.29, 0.717) is 5.57 Å². The number of ether oxygens (including phenoxy) is 2. The number of β-lactam (4-membered cyclic amide) rings is 1. The maximum atomic E-state index is 13.1. The number of carbonyl (C=O) groups excluding carboxylic acids is 3. The molecule has 3 heterocycles. The molecule has 4 rings (SSSR count). The zero-order chi connectivity index (χ0) is 25.3. The number of hydrogen-bond donors (Lipinski definition) is 2. The summed E-state index contributed by atoms with van der Waals surface area (Å²) in [6.45, 7) is 0.882. The predicted octanol–water partition coefficient (Wildman–Crippen LogP) is 2.57. The van der Waals surface area contributed by atoms with Gasteiger partial charge < -0.3 is 24.3 Å². The number of rotatable bonds is 8. The zero-order valence-electron chi connectivity index (χ0n) is 18.1. The molecule has 1 aromatic carbocycles. The Morgan fingerprint density at radius 2 is 2.06 bits per heavy atom. The first-order valence-electron chi connectivity index (χ1n) is 10.2. The molecule has 0 unspecified atom stereocenters. The summed E-state index contributed by atoms with van der Waals surface area (Å²) < 4.78 is 29.0. The minimum atomic E-state index is -1.33. The van der Waals surface area contributed by atoms with Crippen LogP contribution in [0, 0.1) is 5.82 Å². The van der Waals surface area contributed by atoms with Crippen molar-refractivity contribution in [2.75, 3.05) is 12.4 Å². The van der Waals surface area contributed by atoms with Gasteiger partial charge in [-0.2, -0.15) is 0 Å². The molecule has 13 heteroatoms. The van der Waals surface area contributed by atoms with E-state index in [1.54, 1.807) is 0 Å². The molecule has 1 aromatic heterocycles. The number of fused-ring (bicyclic) bond motifs is 1. The highest BCUT2D eigenvalue weighted by molar-refractivity contribution is 8.00. The number of nitrogens with zero attached hydrogens (tertiary/aromatic N) is 1. The van der Waals surface area contributed by atoms with Crippen molar-refractivity contribution in [3.8, 4) is 5.75 Å². The van der Waals surface area contributed by atoms with E-state index in [1.165, 1.54) is 43.0 Å². The molecule has 10 nitrogen and oxygen atoms in total. The molecule has 1 fully saturated rings. The Balaban J connectivity index is 1.38. The largest absolute Gasteiger partial charge is 0.484 e. The number of furan rings is 1. The van der Waals surface area contributed by atoms with E-state index in [-0.39, 0.29) is 47.0 Å². The molecule has 0 spiro atoms. The molecule has 0 radical (unpaired) electrons. The van der Waals surface area contributed by atoms with Crippen LogP contribution >= 0.6 is 23.4 Å². The van der Waals surface area contributed by atoms with Gasteiger partial charge in [0.1, 0.15) is 47.7 Å². The lowest BCUT2D eigenvalue weighted by Crippen LogP contribution is -2.70. The van der Waals surface area contributed by atoms with Crippen molar-refractivity contribution >= 4 is 47.1 Å². The van der Waals surface area contributed by atoms with E-state index in [2.05, 4.69) is 5.32 Å². The Bertz CT molecular complexity index is 1250. The normalized spacial score (nSPS) is 19.1. The molecule has 35 heavy (non-hydrogen) atoms. The monoisotopic (exact) mass is 524 g/mol. The Morgan fingerprint density at radius 3 is 2.74 bits per heavy atom. The van der Waals surface area contributed by atoms with E-state index in [0.717, 1.165) is 11.0 Å². The minimum absolute atomic E-state index is 0.0783. The third-order valence-electron chi connectivity index (χ3n) is 5.14. The Morgan fingerprint density at radius 1 is 1.29 bits per heavy atom. The molecule has 0 saturated carbocycles. The summed E-state index contributed by atoms with van der Waals surface area (Å²) in [6.07, 6.45) is 0. The quantitative estimate of drug-likeness (QED) is 0.394. The molecule has 184 valence electrons. The Hall–Kier alpha value is -3.51. The van der Waals surface area contributed by atoms with Crippen LogP contribution in [0.4, 0.5) is 4.39 Å². The highest BCUT2D eigenvalue weighted by atomic mass is 35.5. The molecule has 2 atom stereocenters. The van der Waals surface area contributed by atoms with Crippen molar-refractivity contribution < 1.29 is 42.6 Å². The summed E-state index contributed by atoms with van der Waals surface area (Å²) in [5.74, 6) is -3.02. The number of carboxylic acids is 1. The summed E-state index contributed by atoms with van der Waals surface area (Å²) in [6, 6.07) is 5.60. The second-order valence-electron chi connectivity index (χ2n) is 7.53. The first kappa shape index (κ1) is 24.6. The van der Waals surface area contributed by atoms with Gasteiger partial charge in [0, 0.05) is 18.2 Å². The van der Waals surface area contributed by atoms with Gasteiger partial charge in [0.05, 0.1) is 5.02 Å². The van der Waals surface area contributed by atoms with Crippen LogP contribution in [0.5, 0.6) is 5.75 Å². The number of thioether (sulfide) groups is 1. The molecular weight excluding hydrogens is 507 g/mol. The maximum Gasteiger partial charge on any atom is 0.352 e. The van der Waals surface area contributed by atoms with Crippen LogP contribution in [0.2, 0.25) is 5.02 Å². The highest BCUT2D eigenvalue weighted by Crippen LogP contribution is 2.40. The summed E-state index contributed by atoms with van der Waals surface area (Å²) in [5.41, 5.74) is 0.0476. The third kappa shape index (κ3) is 5.13. The van der Waals surface area contributed by atoms with Crippen LogP contribution in [-0.4, -0.2) is 57.5 Å². The lowest BCUT2D eigenvalue weighted by atomic mass is 10.0. The van der Waals surface area contributed by atoms with E-state index < -0.39 is 41.0 Å². The summed E-state index contributed by atoms with van der Waals surface area (Å²) in [4.78, 5) is 49.2. The molecule has 2 aromatic rings. The first-order chi connectivity index (χ1) is 16.7. The molecule has 2 amide bonds. The van der Waals surface area contributed by atoms with E-state index >= 15 is 0 Å². The lowest BCUT2D eigenvalue weighted by Gasteiger charge is -2.49. The summed E-state index contributed by atoms with van der Waals surface area (Å²) >= 11 is 7.16. The van der Waals surface area contributed by atoms with Crippen LogP contribution in [0.1, 0.15) is 23.2 Å². The molecule has 2 N–H and O–H groups in total. The number of carbonyl (C=O) groups is 4. The third-order valence-corrected chi connectivity index (χ3v) is 6.77. The smallest absolute Gasteiger partial charge is 0.352 e. The van der Waals surface area contributed by atoms with Gasteiger partial charge in [-0.25, -0.2) is 9.18 Å². The summed E-state index contributed by atoms with van der Waals surface area (Å²) in [7, 11) is 0. The SMILES string of the molecule is CC(=O)OCC1=C(C(=O)O)N2C(=O)[C@@H](NC(=O)c3ccc(COc4ccc(F)cc4Cl)o3)[C@H]2SC1. The standard InChI is InChI=1S/C22H18ClFN2O8S/c1-10(27)32-7-11-9-35-21-17(20(29)26(21)18(11)22(30)31)25-19(28)16-5-3-13(34-16)8-33-15-4-2-12(24)6-14(15)23/h2-6,17,21H,7-9H2,1H3,(H,25,28)(H,30,31)/t17-,21-/m1/s1. The molecule has 2 aliphatic rings. The number of hydrogen-bond acceptors (Lipinski definition) is 8. The van der Waals surface area contributed by atoms with Gasteiger partial charge >= 0.3 is 11.9 Å². The number of benzene rings is 1. The fraction of sp³-hybridized carbons (Fsp3) is 0.273. The average Bonchev–Trinajstić information content (AvgIpc) is 3.28. The van der Waals surface area contributed by atoms with Gasteiger partial charge in [-0.15, -0.1) is 11.8 Å². The Kier molecular flexibility index (Phi) is 7.03. The molecule has 2 aliphatic heterocycles. The minimum Gasteiger partial charge on any atom is -0.484 e. The maximum absolute atomic E-state index is 13.1. The molecular formula is C22H18ClFN2O8S. The van der Waals surface area contributed by atoms with Crippen molar-refractivity contribution in [3.63, 3.8) is 0 Å². The number of aliphatic carboxylic acids is 1. The molecule has 0 bridgehead atoms. The lowest BCUT2D eigenvalue weighted by molar-refractivity contribution is -0.149. The van der Waals surface area contributed by atoms with E-state index in [1.807, 2.05) is 0 Å². The topological polar surface area (TPSA) is 135 Å². The fourth-order valence-electron chi connectivity index (χ4n) is 3.51. The van der Waals surface area contributed by atoms with Crippen LogP contribution < -0.4 is 10.1 Å². The van der Waals surface area contributed by atoms with Crippen molar-refractivity contribution in [1.29, 1.82) is 0 Å². The first-order valence-corrected chi connectivity index (χ1v) is 11.6. The second kappa shape index (κ2) is 10.0. The van der Waals surface area contributed by atoms with Gasteiger partial charge in [-0.3, -0.25) is 19.3 Å². The number of halogens is 2. The molecule has 1 saturated heterocycles. The van der Waals surface area contributed by atoms with E-state index in [4.69, 9.17) is 25.5 Å². The van der Waals surface area contributed by atoms with Gasteiger partial charge in [0.25, 0.3) is 11.8 Å². The van der Waals surface area contributed by atoms with Gasteiger partial charge in [0.2, 0.25) is 0 Å². The highest BCUT2D eigenvalue weighted by Gasteiger charge is 2.54. The number of amides is 2. The number of nitrogens with one attached hydrogen (secondary N) is 1. The van der Waals surface area contributed by atoms with Crippen LogP contribution in [0.15, 0.2) is 46.0 Å². The van der Waals surface area contributed by atoms with Gasteiger partial charge in [-0.05, 0) is 30.3 Å². The van der Waals surface area contributed by atoms with Gasteiger partial charge in [-0.1, -0.05) is 11.6 Å². The number of esters is 1. The van der Waals surface area contributed by atoms with Crippen LogP contribution in [0.25, 0.3) is 0 Å². The number of carboxylic acid groups (broad SMARTS) is 1. The van der Waals surface area contributed by atoms with Crippen molar-refractivity contribution in [3.05, 3.63) is 64.0 Å². The molecule has 0 aliphatic carbocycles. The summed E-state index contributed by atoms with van der Waals surface area (Å²) in [5, 5.41) is 11.6. The average molecular weight is 525 g/mol.